The molecule has 0 bridgehead atoms. The van der Waals surface area contributed by atoms with Crippen LogP contribution in [-0.2, 0) is 0 Å². The van der Waals surface area contributed by atoms with E-state index in [-0.39, 0.29) is 103 Å². The van der Waals surface area contributed by atoms with Gasteiger partial charge in [-0.3, -0.25) is 0 Å². The van der Waals surface area contributed by atoms with E-state index < -0.39 is 48.3 Å². The van der Waals surface area contributed by atoms with Crippen LogP contribution in [0.25, 0.3) is 208 Å². The molecule has 0 aliphatic rings. The van der Waals surface area contributed by atoms with Crippen LogP contribution in [0.4, 0.5) is 0 Å². The van der Waals surface area contributed by atoms with Gasteiger partial charge in [0.15, 0.2) is 0 Å². The predicted molar refractivity (Wildman–Crippen MR) is 418 cm³/mol. The first-order valence-electron chi connectivity index (χ1n) is 40.5. The van der Waals surface area contributed by atoms with Gasteiger partial charge in [-0.05, 0) is 218 Å². The van der Waals surface area contributed by atoms with E-state index >= 15 is 0 Å². The lowest BCUT2D eigenvalue weighted by atomic mass is 9.83. The van der Waals surface area contributed by atoms with E-state index in [1.54, 1.807) is 6.07 Å². The monoisotopic (exact) mass is 1260 g/mol. The molecule has 0 spiro atoms. The highest BCUT2D eigenvalue weighted by Crippen LogP contribution is 2.52. The van der Waals surface area contributed by atoms with Crippen LogP contribution in [-0.4, -0.2) is 0 Å². The largest absolute Gasteiger partial charge is 0.456 e. The van der Waals surface area contributed by atoms with Gasteiger partial charge in [-0.2, -0.15) is 0 Å². The summed E-state index contributed by atoms with van der Waals surface area (Å²) in [6, 6.07) is 76.7. The Labute approximate surface area is 587 Å². The number of benzene rings is 19. The van der Waals surface area contributed by atoms with E-state index in [1.165, 1.54) is 0 Å². The summed E-state index contributed by atoms with van der Waals surface area (Å²) < 4.78 is 161. The molecule has 2 heteroatoms. The number of hydrogen-bond donors (Lipinski definition) is 0. The lowest BCUT2D eigenvalue weighted by molar-refractivity contribution is 0.669. The third-order valence-corrected chi connectivity index (χ3v) is 19.5. The minimum atomic E-state index is -0.443. The summed E-state index contributed by atoms with van der Waals surface area (Å²) in [7, 11) is 0. The minimum absolute atomic E-state index is 0.161. The Balaban J connectivity index is 0.000000148. The zero-order valence-electron chi connectivity index (χ0n) is 68.1. The fraction of sp³-hybridized carbons (Fsp3) is 0. The smallest absolute Gasteiger partial charge is 0.136 e. The minimum Gasteiger partial charge on any atom is -0.456 e. The van der Waals surface area contributed by atoms with Crippen molar-refractivity contribution < 1.29 is 30.8 Å². The molecule has 0 unspecified atom stereocenters. The van der Waals surface area contributed by atoms with Crippen molar-refractivity contribution in [2.45, 2.75) is 0 Å². The van der Waals surface area contributed by atoms with E-state index in [4.69, 9.17) is 19.8 Å². The fourth-order valence-corrected chi connectivity index (χ4v) is 15.2. The Morgan fingerprint density at radius 1 is 0.184 bits per heavy atom. The molecular weight excluding hydrogens is 1190 g/mol. The van der Waals surface area contributed by atoms with E-state index in [2.05, 4.69) is 36.4 Å². The van der Waals surface area contributed by atoms with Gasteiger partial charge in [0.1, 0.15) is 22.3 Å². The molecule has 19 aromatic carbocycles. The number of furan rings is 2. The molecule has 2 heterocycles. The maximum Gasteiger partial charge on any atom is 0.136 e. The normalized spacial score (nSPS) is 14.2. The van der Waals surface area contributed by atoms with Crippen LogP contribution in [0.15, 0.2) is 360 Å². The SMILES string of the molecule is [2H]c1c([2H])c([2H])c2c(-c3cccc4oc5cc6ccccc6cc5c34)c3c([2H])c([2H])c([2H])c([2H])c3c(-c3cc(-c4ccccc4)cc4ccccc34)c2c1[2H].[2H]c1c([2H])c([2H])c2c(-c3cccc4oc5cc6ccccc6cc5c34)c3c([2H])c([2H])c([2H])c([2H])c3c(-c3ccc(-c4ccc5ccccc5c4)c4ccccc34)c2c1[2H]. The fourth-order valence-electron chi connectivity index (χ4n) is 15.2. The van der Waals surface area contributed by atoms with Crippen LogP contribution < -0.4 is 0 Å². The molecule has 21 rings (SSSR count). The summed E-state index contributed by atoms with van der Waals surface area (Å²) >= 11 is 0. The van der Waals surface area contributed by atoms with Gasteiger partial charge in [0.25, 0.3) is 0 Å². The molecule has 2 nitrogen and oxygen atoms in total. The maximum atomic E-state index is 9.59. The molecule has 98 heavy (non-hydrogen) atoms. The summed E-state index contributed by atoms with van der Waals surface area (Å²) in [5.41, 5.74) is 9.49. The van der Waals surface area contributed by atoms with Crippen LogP contribution in [0.3, 0.4) is 0 Å². The molecule has 0 aliphatic carbocycles. The van der Waals surface area contributed by atoms with Gasteiger partial charge in [0.2, 0.25) is 0 Å². The van der Waals surface area contributed by atoms with Crippen LogP contribution in [0.1, 0.15) is 21.9 Å². The molecule has 454 valence electrons. The van der Waals surface area contributed by atoms with Gasteiger partial charge in [-0.1, -0.05) is 297 Å². The maximum absolute atomic E-state index is 9.59. The highest BCUT2D eigenvalue weighted by Gasteiger charge is 2.25. The molecule has 0 fully saturated rings. The van der Waals surface area contributed by atoms with Crippen LogP contribution in [0.2, 0.25) is 0 Å². The molecule has 0 amide bonds. The van der Waals surface area contributed by atoms with Crippen molar-refractivity contribution in [3.05, 3.63) is 351 Å². The first-order chi connectivity index (χ1) is 55.3. The lowest BCUT2D eigenvalue weighted by Crippen LogP contribution is -1.93. The average molecular weight is 1260 g/mol. The summed E-state index contributed by atoms with van der Waals surface area (Å²) in [6.45, 7) is 0. The van der Waals surface area contributed by atoms with E-state index in [9.17, 15) is 11.0 Å². The molecule has 0 saturated heterocycles. The van der Waals surface area contributed by atoms with Gasteiger partial charge >= 0.3 is 0 Å². The van der Waals surface area contributed by atoms with Crippen molar-refractivity contribution in [3.8, 4) is 66.8 Å². The molecule has 0 atom stereocenters. The van der Waals surface area contributed by atoms with Crippen LogP contribution in [0.5, 0.6) is 0 Å². The van der Waals surface area contributed by atoms with Crippen LogP contribution in [0, 0.1) is 0 Å². The Morgan fingerprint density at radius 2 is 0.551 bits per heavy atom. The van der Waals surface area contributed by atoms with Crippen molar-refractivity contribution in [2.75, 3.05) is 0 Å². The summed E-state index contributed by atoms with van der Waals surface area (Å²) in [6.07, 6.45) is 0. The van der Waals surface area contributed by atoms with Crippen LogP contribution >= 0.6 is 0 Å². The number of rotatable bonds is 6. The standard InChI is InChI=1S/C50H30O.C46H28O/c1-2-13-32-28-35(25-24-31(32)12-1)36-26-27-43(38-17-6-5-16-37(36)38)48-39-18-7-9-20-41(39)49(42-21-10-8-19-40(42)48)44-22-11-23-46-50(44)45-29-33-14-3-4-15-34(33)30-47(45)51-46;1-2-13-29(14-3-1)33-25-32-17-6-7-18-34(32)40(27-33)45-37-21-10-8-19-35(37)44(36-20-9-11-22-38(36)45)39-23-12-24-42-46(39)41-26-30-15-4-5-16-31(30)28-43(41)47-42/h1-30H;1-28H/i7D,8D,9D,10D,18D,19D,20D,21D;8D,9D,10D,11D,19D,20D,21D,22D. The second kappa shape index (κ2) is 22.4. The first kappa shape index (κ1) is 41.7. The Morgan fingerprint density at radius 3 is 1.04 bits per heavy atom. The summed E-state index contributed by atoms with van der Waals surface area (Å²) in [5.74, 6) is 0. The molecule has 0 saturated carbocycles. The Kier molecular flexibility index (Phi) is 9.54. The Bertz CT molecular complexity index is 7720. The zero-order chi connectivity index (χ0) is 78.3. The molecule has 21 aromatic rings. The molecule has 0 N–H and O–H groups in total. The highest BCUT2D eigenvalue weighted by molar-refractivity contribution is 6.30. The molecular formula is C96H58O2. The summed E-state index contributed by atoms with van der Waals surface area (Å²) in [4.78, 5) is 0. The molecule has 2 aromatic heterocycles. The number of hydrogen-bond acceptors (Lipinski definition) is 2. The van der Waals surface area contributed by atoms with Gasteiger partial charge in [-0.25, -0.2) is 0 Å². The molecule has 0 radical (unpaired) electrons. The highest BCUT2D eigenvalue weighted by atomic mass is 16.3. The second-order valence-corrected chi connectivity index (χ2v) is 24.8. The van der Waals surface area contributed by atoms with Crippen molar-refractivity contribution in [1.82, 2.24) is 0 Å². The van der Waals surface area contributed by atoms with Gasteiger partial charge in [0.05, 0.1) is 21.9 Å². The quantitative estimate of drug-likeness (QED) is 0.155. The van der Waals surface area contributed by atoms with Crippen molar-refractivity contribution in [1.29, 1.82) is 0 Å². The second-order valence-electron chi connectivity index (χ2n) is 24.8. The lowest BCUT2D eigenvalue weighted by Gasteiger charge is -2.20. The third-order valence-electron chi connectivity index (χ3n) is 19.5. The van der Waals surface area contributed by atoms with Gasteiger partial charge < -0.3 is 8.83 Å². The number of fused-ring (bicyclic) bond motifs is 15. The van der Waals surface area contributed by atoms with Crippen molar-refractivity contribution >= 4 is 141 Å². The Hall–Kier alpha value is -12.9. The third kappa shape index (κ3) is 8.82. The van der Waals surface area contributed by atoms with Gasteiger partial charge in [-0.15, -0.1) is 0 Å². The summed E-state index contributed by atoms with van der Waals surface area (Å²) in [5, 5.41) is 13.7. The zero-order valence-corrected chi connectivity index (χ0v) is 52.1. The van der Waals surface area contributed by atoms with Crippen molar-refractivity contribution in [2.24, 2.45) is 0 Å². The van der Waals surface area contributed by atoms with Crippen molar-refractivity contribution in [3.63, 3.8) is 0 Å². The average Bonchev–Trinajstić information content (AvgIpc) is 0.905. The predicted octanol–water partition coefficient (Wildman–Crippen LogP) is 27.6. The van der Waals surface area contributed by atoms with E-state index in [0.29, 0.717) is 66.5 Å². The van der Waals surface area contributed by atoms with Gasteiger partial charge in [0, 0.05) is 21.5 Å². The topological polar surface area (TPSA) is 26.3 Å². The van der Waals surface area contributed by atoms with E-state index in [0.717, 1.165) is 86.9 Å². The van der Waals surface area contributed by atoms with E-state index in [1.807, 2.05) is 212 Å². The first-order valence-corrected chi connectivity index (χ1v) is 32.5. The molecule has 0 aliphatic heterocycles.